The van der Waals surface area contributed by atoms with Crippen LogP contribution in [0.4, 0.5) is 11.5 Å². The first-order valence-electron chi connectivity index (χ1n) is 8.24. The molecule has 0 bridgehead atoms. The lowest BCUT2D eigenvalue weighted by atomic mass is 10.3. The third kappa shape index (κ3) is 4.04. The minimum atomic E-state index is -0.308. The molecule has 3 aromatic heterocycles. The summed E-state index contributed by atoms with van der Waals surface area (Å²) in [4.78, 5) is 16.7. The molecular formula is C19H15ClN6O. The number of hydrogen-bond acceptors (Lipinski definition) is 5. The van der Waals surface area contributed by atoms with E-state index in [0.29, 0.717) is 23.1 Å². The molecule has 3 heterocycles. The highest BCUT2D eigenvalue weighted by Gasteiger charge is 2.09. The van der Waals surface area contributed by atoms with Crippen LogP contribution in [0.5, 0.6) is 0 Å². The number of para-hydroxylation sites is 1. The molecule has 0 atom stereocenters. The Bertz CT molecular complexity index is 1080. The molecule has 0 radical (unpaired) electrons. The Morgan fingerprint density at radius 1 is 1.00 bits per heavy atom. The number of amides is 1. The van der Waals surface area contributed by atoms with Crippen LogP contribution in [0.15, 0.2) is 67.0 Å². The number of anilines is 2. The number of aromatic nitrogens is 4. The predicted molar refractivity (Wildman–Crippen MR) is 104 cm³/mol. The highest BCUT2D eigenvalue weighted by atomic mass is 35.5. The van der Waals surface area contributed by atoms with Gasteiger partial charge in [0.05, 0.1) is 17.3 Å². The molecule has 0 fully saturated rings. The van der Waals surface area contributed by atoms with Gasteiger partial charge in [0.2, 0.25) is 0 Å². The van der Waals surface area contributed by atoms with Crippen LogP contribution < -0.4 is 10.6 Å². The van der Waals surface area contributed by atoms with Gasteiger partial charge in [-0.3, -0.25) is 4.79 Å². The van der Waals surface area contributed by atoms with Crippen molar-refractivity contribution in [2.75, 3.05) is 10.6 Å². The molecule has 0 saturated heterocycles. The Hall–Kier alpha value is -3.45. The lowest BCUT2D eigenvalue weighted by Gasteiger charge is -2.05. The number of carbonyl (C=O) groups excluding carboxylic acids is 1. The zero-order valence-electron chi connectivity index (χ0n) is 14.1. The van der Waals surface area contributed by atoms with Crippen molar-refractivity contribution in [3.8, 4) is 0 Å². The van der Waals surface area contributed by atoms with Crippen LogP contribution in [0.25, 0.3) is 5.65 Å². The van der Waals surface area contributed by atoms with Crippen molar-refractivity contribution in [1.29, 1.82) is 0 Å². The molecule has 0 spiro atoms. The van der Waals surface area contributed by atoms with Gasteiger partial charge in [0.1, 0.15) is 11.5 Å². The van der Waals surface area contributed by atoms with E-state index >= 15 is 0 Å². The van der Waals surface area contributed by atoms with Crippen molar-refractivity contribution < 1.29 is 4.79 Å². The standard InChI is InChI=1S/C19H15ClN6O/c20-13-6-9-18-22-15(12-26(18)11-13)10-21-17-8-7-16(24-25-17)19(27)23-14-4-2-1-3-5-14/h1-9,11-12H,10H2,(H,21,25)(H,23,27). The van der Waals surface area contributed by atoms with Crippen LogP contribution in [0.2, 0.25) is 5.02 Å². The first-order chi connectivity index (χ1) is 13.2. The lowest BCUT2D eigenvalue weighted by Crippen LogP contribution is -2.14. The van der Waals surface area contributed by atoms with E-state index in [1.807, 2.05) is 47.0 Å². The fraction of sp³-hybridized carbons (Fsp3) is 0.0526. The predicted octanol–water partition coefficient (Wildman–Crippen LogP) is 3.64. The molecule has 1 amide bonds. The first kappa shape index (κ1) is 17.0. The summed E-state index contributed by atoms with van der Waals surface area (Å²) in [6, 6.07) is 16.2. The monoisotopic (exact) mass is 378 g/mol. The summed E-state index contributed by atoms with van der Waals surface area (Å²) in [6.45, 7) is 0.476. The van der Waals surface area contributed by atoms with Crippen molar-refractivity contribution in [3.05, 3.63) is 83.4 Å². The summed E-state index contributed by atoms with van der Waals surface area (Å²) in [5.41, 5.74) is 2.60. The Morgan fingerprint density at radius 2 is 1.85 bits per heavy atom. The quantitative estimate of drug-likeness (QED) is 0.554. The molecule has 27 heavy (non-hydrogen) atoms. The third-order valence-corrected chi connectivity index (χ3v) is 4.07. The summed E-state index contributed by atoms with van der Waals surface area (Å²) in [5.74, 6) is 0.249. The number of imidazole rings is 1. The number of fused-ring (bicyclic) bond motifs is 1. The Kier molecular flexibility index (Phi) is 4.67. The maximum absolute atomic E-state index is 12.2. The van der Waals surface area contributed by atoms with Gasteiger partial charge in [-0.25, -0.2) is 4.98 Å². The molecule has 0 unspecified atom stereocenters. The number of pyridine rings is 1. The summed E-state index contributed by atoms with van der Waals surface area (Å²) in [7, 11) is 0. The Morgan fingerprint density at radius 3 is 2.63 bits per heavy atom. The van der Waals surface area contributed by atoms with Crippen molar-refractivity contribution in [1.82, 2.24) is 19.6 Å². The van der Waals surface area contributed by atoms with Gasteiger partial charge in [-0.1, -0.05) is 29.8 Å². The Balaban J connectivity index is 1.39. The third-order valence-electron chi connectivity index (χ3n) is 3.84. The van der Waals surface area contributed by atoms with Gasteiger partial charge < -0.3 is 15.0 Å². The second-order valence-corrected chi connectivity index (χ2v) is 6.26. The number of benzene rings is 1. The largest absolute Gasteiger partial charge is 0.363 e. The van der Waals surface area contributed by atoms with Crippen LogP contribution in [0.3, 0.4) is 0 Å². The molecule has 7 nitrogen and oxygen atoms in total. The fourth-order valence-electron chi connectivity index (χ4n) is 2.55. The normalized spacial score (nSPS) is 10.7. The Labute approximate surface area is 160 Å². The number of nitrogens with one attached hydrogen (secondary N) is 2. The second-order valence-electron chi connectivity index (χ2n) is 5.82. The molecule has 0 saturated carbocycles. The maximum atomic E-state index is 12.2. The summed E-state index contributed by atoms with van der Waals surface area (Å²) in [5, 5.41) is 14.6. The first-order valence-corrected chi connectivity index (χ1v) is 8.62. The average Bonchev–Trinajstić information content (AvgIpc) is 3.09. The summed E-state index contributed by atoms with van der Waals surface area (Å²) >= 11 is 5.98. The van der Waals surface area contributed by atoms with E-state index in [9.17, 15) is 4.79 Å². The zero-order chi connectivity index (χ0) is 18.6. The molecule has 4 rings (SSSR count). The smallest absolute Gasteiger partial charge is 0.276 e. The SMILES string of the molecule is O=C(Nc1ccccc1)c1ccc(NCc2cn3cc(Cl)ccc3n2)nn1. The molecule has 134 valence electrons. The summed E-state index contributed by atoms with van der Waals surface area (Å²) in [6.07, 6.45) is 3.69. The van der Waals surface area contributed by atoms with Crippen molar-refractivity contribution in [2.45, 2.75) is 6.54 Å². The molecule has 0 aliphatic carbocycles. The molecule has 4 aromatic rings. The van der Waals surface area contributed by atoms with Gasteiger partial charge in [-0.15, -0.1) is 10.2 Å². The van der Waals surface area contributed by atoms with Gasteiger partial charge in [0.15, 0.2) is 5.69 Å². The van der Waals surface area contributed by atoms with Crippen molar-refractivity contribution >= 4 is 34.7 Å². The van der Waals surface area contributed by atoms with Crippen LogP contribution in [-0.2, 0) is 6.54 Å². The van der Waals surface area contributed by atoms with E-state index in [-0.39, 0.29) is 11.6 Å². The number of hydrogen-bond donors (Lipinski definition) is 2. The number of halogens is 1. The van der Waals surface area contributed by atoms with Gasteiger partial charge in [0.25, 0.3) is 5.91 Å². The molecule has 0 aliphatic rings. The maximum Gasteiger partial charge on any atom is 0.276 e. The summed E-state index contributed by atoms with van der Waals surface area (Å²) < 4.78 is 1.86. The van der Waals surface area contributed by atoms with E-state index < -0.39 is 0 Å². The van der Waals surface area contributed by atoms with E-state index in [4.69, 9.17) is 11.6 Å². The minimum absolute atomic E-state index is 0.242. The topological polar surface area (TPSA) is 84.2 Å². The molecular weight excluding hydrogens is 364 g/mol. The van der Waals surface area contributed by atoms with Crippen LogP contribution >= 0.6 is 11.6 Å². The van der Waals surface area contributed by atoms with Crippen molar-refractivity contribution in [2.24, 2.45) is 0 Å². The fourth-order valence-corrected chi connectivity index (χ4v) is 2.72. The molecule has 2 N–H and O–H groups in total. The lowest BCUT2D eigenvalue weighted by molar-refractivity contribution is 0.102. The highest BCUT2D eigenvalue weighted by Crippen LogP contribution is 2.13. The van der Waals surface area contributed by atoms with Gasteiger partial charge in [-0.05, 0) is 36.4 Å². The molecule has 0 aliphatic heterocycles. The average molecular weight is 379 g/mol. The second kappa shape index (κ2) is 7.43. The highest BCUT2D eigenvalue weighted by molar-refractivity contribution is 6.30. The van der Waals surface area contributed by atoms with E-state index in [2.05, 4.69) is 25.8 Å². The van der Waals surface area contributed by atoms with Crippen LogP contribution in [0.1, 0.15) is 16.2 Å². The van der Waals surface area contributed by atoms with Gasteiger partial charge >= 0.3 is 0 Å². The van der Waals surface area contributed by atoms with Crippen LogP contribution in [0, 0.1) is 0 Å². The zero-order valence-corrected chi connectivity index (χ0v) is 14.9. The molecule has 8 heteroatoms. The van der Waals surface area contributed by atoms with Gasteiger partial charge in [0, 0.05) is 18.1 Å². The minimum Gasteiger partial charge on any atom is -0.363 e. The van der Waals surface area contributed by atoms with Crippen molar-refractivity contribution in [3.63, 3.8) is 0 Å². The van der Waals surface area contributed by atoms with E-state index in [1.165, 1.54) is 0 Å². The van der Waals surface area contributed by atoms with Gasteiger partial charge in [-0.2, -0.15) is 0 Å². The van der Waals surface area contributed by atoms with E-state index in [1.54, 1.807) is 24.4 Å². The number of carbonyl (C=O) groups is 1. The van der Waals surface area contributed by atoms with E-state index in [0.717, 1.165) is 11.3 Å². The van der Waals surface area contributed by atoms with Crippen LogP contribution in [-0.4, -0.2) is 25.5 Å². The number of nitrogens with zero attached hydrogens (tertiary/aromatic N) is 4. The number of rotatable bonds is 5. The molecule has 1 aromatic carbocycles.